The summed E-state index contributed by atoms with van der Waals surface area (Å²) >= 11 is 0. The third-order valence-corrected chi connectivity index (χ3v) is 5.96. The van der Waals surface area contributed by atoms with Gasteiger partial charge in [-0.15, -0.1) is 0 Å². The number of esters is 1. The van der Waals surface area contributed by atoms with Gasteiger partial charge in [-0.05, 0) is 71.6 Å². The minimum absolute atomic E-state index is 0.0509. The number of nitrogens with zero attached hydrogens (tertiary/aromatic N) is 3. The van der Waals surface area contributed by atoms with Gasteiger partial charge < -0.3 is 14.5 Å². The summed E-state index contributed by atoms with van der Waals surface area (Å²) in [6, 6.07) is 0.479. The van der Waals surface area contributed by atoms with Gasteiger partial charge in [-0.1, -0.05) is 0 Å². The molecule has 142 valence electrons. The van der Waals surface area contributed by atoms with Crippen molar-refractivity contribution < 1.29 is 14.3 Å². The number of hydrogen-bond acceptors (Lipinski definition) is 5. The molecule has 0 bridgehead atoms. The van der Waals surface area contributed by atoms with E-state index in [9.17, 15) is 9.59 Å². The van der Waals surface area contributed by atoms with Gasteiger partial charge >= 0.3 is 5.97 Å². The first-order valence-corrected chi connectivity index (χ1v) is 10.0. The van der Waals surface area contributed by atoms with E-state index in [1.807, 2.05) is 4.90 Å². The Kier molecular flexibility index (Phi) is 6.70. The first kappa shape index (κ1) is 18.6. The van der Waals surface area contributed by atoms with Crippen LogP contribution in [0.3, 0.4) is 0 Å². The molecule has 3 saturated heterocycles. The maximum absolute atomic E-state index is 12.5. The van der Waals surface area contributed by atoms with E-state index in [1.165, 1.54) is 0 Å². The van der Waals surface area contributed by atoms with Gasteiger partial charge in [0.25, 0.3) is 0 Å². The highest BCUT2D eigenvalue weighted by Gasteiger charge is 2.37. The molecule has 0 aliphatic carbocycles. The largest absolute Gasteiger partial charge is 0.464 e. The summed E-state index contributed by atoms with van der Waals surface area (Å²) in [6.07, 6.45) is 7.85. The van der Waals surface area contributed by atoms with Gasteiger partial charge in [0.05, 0.1) is 6.61 Å². The molecule has 6 nitrogen and oxygen atoms in total. The first-order chi connectivity index (χ1) is 12.1. The van der Waals surface area contributed by atoms with E-state index < -0.39 is 0 Å². The van der Waals surface area contributed by atoms with Crippen molar-refractivity contribution >= 4 is 11.9 Å². The molecule has 0 saturated carbocycles. The smallest absolute Gasteiger partial charge is 0.323 e. The van der Waals surface area contributed by atoms with Crippen molar-refractivity contribution in [3.05, 3.63) is 0 Å². The van der Waals surface area contributed by atoms with Crippen LogP contribution in [0.2, 0.25) is 0 Å². The zero-order valence-corrected chi connectivity index (χ0v) is 15.6. The van der Waals surface area contributed by atoms with Crippen LogP contribution in [0.15, 0.2) is 0 Å². The molecule has 3 heterocycles. The molecule has 0 aromatic rings. The maximum Gasteiger partial charge on any atom is 0.323 e. The number of rotatable bonds is 6. The van der Waals surface area contributed by atoms with Crippen LogP contribution in [0, 0.1) is 0 Å². The van der Waals surface area contributed by atoms with Crippen LogP contribution in [0.1, 0.15) is 51.4 Å². The van der Waals surface area contributed by atoms with Gasteiger partial charge in [-0.25, -0.2) is 0 Å². The van der Waals surface area contributed by atoms with Crippen LogP contribution in [0.25, 0.3) is 0 Å². The van der Waals surface area contributed by atoms with Crippen molar-refractivity contribution in [2.24, 2.45) is 0 Å². The van der Waals surface area contributed by atoms with E-state index in [2.05, 4.69) is 16.8 Å². The van der Waals surface area contributed by atoms with Crippen molar-refractivity contribution in [3.8, 4) is 0 Å². The number of ether oxygens (including phenoxy) is 1. The predicted octanol–water partition coefficient (Wildman–Crippen LogP) is 1.49. The SMILES string of the molecule is CN1CCC(N2CCCC2C(=O)OCCCN2CCCCC2=O)CC1. The molecule has 3 aliphatic rings. The lowest BCUT2D eigenvalue weighted by molar-refractivity contribution is -0.150. The molecule has 3 rings (SSSR count). The van der Waals surface area contributed by atoms with Gasteiger partial charge in [0.15, 0.2) is 0 Å². The topological polar surface area (TPSA) is 53.1 Å². The molecule has 0 spiro atoms. The van der Waals surface area contributed by atoms with Crippen molar-refractivity contribution in [2.75, 3.05) is 46.4 Å². The van der Waals surface area contributed by atoms with Gasteiger partial charge in [-0.3, -0.25) is 14.5 Å². The average Bonchev–Trinajstić information content (AvgIpc) is 3.10. The Morgan fingerprint density at radius 1 is 1.08 bits per heavy atom. The second kappa shape index (κ2) is 8.99. The monoisotopic (exact) mass is 351 g/mol. The van der Waals surface area contributed by atoms with Crippen LogP contribution in [0.4, 0.5) is 0 Å². The summed E-state index contributed by atoms with van der Waals surface area (Å²) in [7, 11) is 2.17. The van der Waals surface area contributed by atoms with Crippen LogP contribution in [-0.2, 0) is 14.3 Å². The fourth-order valence-electron chi connectivity index (χ4n) is 4.43. The summed E-state index contributed by atoms with van der Waals surface area (Å²) in [5.74, 6) is 0.197. The molecule has 3 fully saturated rings. The highest BCUT2D eigenvalue weighted by Crippen LogP contribution is 2.26. The lowest BCUT2D eigenvalue weighted by Crippen LogP contribution is -2.48. The summed E-state index contributed by atoms with van der Waals surface area (Å²) in [5.41, 5.74) is 0. The third kappa shape index (κ3) is 4.94. The highest BCUT2D eigenvalue weighted by atomic mass is 16.5. The lowest BCUT2D eigenvalue weighted by atomic mass is 10.0. The average molecular weight is 351 g/mol. The second-order valence-corrected chi connectivity index (χ2v) is 7.79. The predicted molar refractivity (Wildman–Crippen MR) is 96.3 cm³/mol. The van der Waals surface area contributed by atoms with E-state index in [0.717, 1.165) is 77.7 Å². The standard InChI is InChI=1S/C19H33N3O3/c1-20-13-8-16(9-14-20)22-12-4-6-17(22)19(24)25-15-5-11-21-10-3-2-7-18(21)23/h16-17H,2-15H2,1H3. The summed E-state index contributed by atoms with van der Waals surface area (Å²) in [4.78, 5) is 31.0. The third-order valence-electron chi connectivity index (χ3n) is 5.96. The first-order valence-electron chi connectivity index (χ1n) is 10.0. The molecule has 1 amide bonds. The second-order valence-electron chi connectivity index (χ2n) is 7.79. The van der Waals surface area contributed by atoms with Gasteiger partial charge in [0.1, 0.15) is 6.04 Å². The number of piperidine rings is 2. The van der Waals surface area contributed by atoms with E-state index in [0.29, 0.717) is 19.1 Å². The molecular formula is C19H33N3O3. The van der Waals surface area contributed by atoms with Crippen molar-refractivity contribution in [3.63, 3.8) is 0 Å². The van der Waals surface area contributed by atoms with Crippen LogP contribution < -0.4 is 0 Å². The van der Waals surface area contributed by atoms with Crippen LogP contribution in [0.5, 0.6) is 0 Å². The van der Waals surface area contributed by atoms with Crippen LogP contribution >= 0.6 is 0 Å². The zero-order valence-electron chi connectivity index (χ0n) is 15.6. The molecule has 0 radical (unpaired) electrons. The molecular weight excluding hydrogens is 318 g/mol. The minimum atomic E-state index is -0.0543. The van der Waals surface area contributed by atoms with Crippen LogP contribution in [-0.4, -0.2) is 85.0 Å². The molecule has 25 heavy (non-hydrogen) atoms. The van der Waals surface area contributed by atoms with E-state index in [-0.39, 0.29) is 17.9 Å². The Labute approximate surface area is 151 Å². The van der Waals surface area contributed by atoms with Crippen molar-refractivity contribution in [1.82, 2.24) is 14.7 Å². The summed E-state index contributed by atoms with van der Waals surface area (Å²) in [6.45, 7) is 5.27. The number of likely N-dealkylation sites (tertiary alicyclic amines) is 3. The van der Waals surface area contributed by atoms with E-state index in [1.54, 1.807) is 0 Å². The molecule has 0 N–H and O–H groups in total. The zero-order chi connectivity index (χ0) is 17.6. The Bertz CT molecular complexity index is 463. The number of carbonyl (C=O) groups is 2. The fraction of sp³-hybridized carbons (Fsp3) is 0.895. The van der Waals surface area contributed by atoms with Crippen molar-refractivity contribution in [2.45, 2.75) is 63.5 Å². The molecule has 1 atom stereocenters. The molecule has 0 aromatic heterocycles. The molecule has 6 heteroatoms. The summed E-state index contributed by atoms with van der Waals surface area (Å²) < 4.78 is 5.57. The number of amides is 1. The Hall–Kier alpha value is -1.14. The lowest BCUT2D eigenvalue weighted by Gasteiger charge is -2.37. The maximum atomic E-state index is 12.5. The number of hydrogen-bond donors (Lipinski definition) is 0. The summed E-state index contributed by atoms with van der Waals surface area (Å²) in [5, 5.41) is 0. The fourth-order valence-corrected chi connectivity index (χ4v) is 4.43. The molecule has 1 unspecified atom stereocenters. The minimum Gasteiger partial charge on any atom is -0.464 e. The van der Waals surface area contributed by atoms with Gasteiger partial charge in [0.2, 0.25) is 5.91 Å². The Morgan fingerprint density at radius 2 is 1.88 bits per heavy atom. The number of carbonyl (C=O) groups excluding carboxylic acids is 2. The Balaban J connectivity index is 1.39. The highest BCUT2D eigenvalue weighted by molar-refractivity contribution is 5.77. The molecule has 0 aromatic carbocycles. The molecule has 3 aliphatic heterocycles. The van der Waals surface area contributed by atoms with Crippen molar-refractivity contribution in [1.29, 1.82) is 0 Å². The van der Waals surface area contributed by atoms with E-state index >= 15 is 0 Å². The quantitative estimate of drug-likeness (QED) is 0.536. The normalized spacial score (nSPS) is 27.0. The van der Waals surface area contributed by atoms with Gasteiger partial charge in [-0.2, -0.15) is 0 Å². The van der Waals surface area contributed by atoms with Gasteiger partial charge in [0, 0.05) is 25.6 Å². The van der Waals surface area contributed by atoms with E-state index in [4.69, 9.17) is 4.74 Å². The Morgan fingerprint density at radius 3 is 2.64 bits per heavy atom.